The first-order valence-electron chi connectivity index (χ1n) is 6.28. The Hall–Kier alpha value is -1.80. The van der Waals surface area contributed by atoms with E-state index in [9.17, 15) is 9.90 Å². The first-order chi connectivity index (χ1) is 8.73. The number of phenolic OH excluding ortho intramolecular Hbond substituents is 1. The molecule has 1 N–H and O–H groups in total. The van der Waals surface area contributed by atoms with Gasteiger partial charge in [-0.2, -0.15) is 4.99 Å². The molecule has 0 unspecified atom stereocenters. The molecule has 0 saturated heterocycles. The molecule has 4 heteroatoms. The molecule has 96 valence electrons. The van der Waals surface area contributed by atoms with Gasteiger partial charge in [-0.15, -0.1) is 0 Å². The van der Waals surface area contributed by atoms with Gasteiger partial charge in [0.25, 0.3) is 0 Å². The molecule has 1 saturated carbocycles. The quantitative estimate of drug-likeness (QED) is 0.657. The molecule has 0 spiro atoms. The molecule has 0 bridgehead atoms. The molecule has 0 aromatic heterocycles. The largest absolute Gasteiger partial charge is 0.507 e. The molecular formula is C14H17NO3. The lowest BCUT2D eigenvalue weighted by molar-refractivity contribution is 0.315. The minimum atomic E-state index is -0.655. The maximum atomic E-state index is 10.7. The van der Waals surface area contributed by atoms with Crippen molar-refractivity contribution in [3.63, 3.8) is 0 Å². The third-order valence-electron chi connectivity index (χ3n) is 3.46. The zero-order valence-corrected chi connectivity index (χ0v) is 10.5. The van der Waals surface area contributed by atoms with Gasteiger partial charge in [0.15, 0.2) is 0 Å². The Balaban J connectivity index is 2.56. The monoisotopic (exact) mass is 247 g/mol. The lowest BCUT2D eigenvalue weighted by Crippen LogP contribution is -2.20. The fraction of sp³-hybridized carbons (Fsp3) is 0.500. The average Bonchev–Trinajstić information content (AvgIpc) is 2.79. The summed E-state index contributed by atoms with van der Waals surface area (Å²) in [6.07, 6.45) is 5.14. The molecule has 2 rings (SSSR count). The standard InChI is InChI=1S/C14H17NO3/c1-2-18-12-7-5-6-11(17)13(12)14(15-10-16)8-3-4-9-14/h5-7,17H,2-4,8-9H2,1H3. The van der Waals surface area contributed by atoms with Crippen LogP contribution < -0.4 is 4.74 Å². The molecule has 0 amide bonds. The zero-order chi connectivity index (χ0) is 13.0. The SMILES string of the molecule is CCOc1cccc(O)c1C1(N=C=O)CCCC1. The summed E-state index contributed by atoms with van der Waals surface area (Å²) < 4.78 is 5.55. The van der Waals surface area contributed by atoms with Gasteiger partial charge in [0.2, 0.25) is 6.08 Å². The maximum absolute atomic E-state index is 10.7. The van der Waals surface area contributed by atoms with Crippen LogP contribution in [0.4, 0.5) is 0 Å². The minimum Gasteiger partial charge on any atom is -0.507 e. The number of rotatable bonds is 4. The van der Waals surface area contributed by atoms with E-state index in [-0.39, 0.29) is 5.75 Å². The van der Waals surface area contributed by atoms with Crippen LogP contribution in [0, 0.1) is 0 Å². The number of nitrogens with zero attached hydrogens (tertiary/aromatic N) is 1. The summed E-state index contributed by atoms with van der Waals surface area (Å²) in [5.74, 6) is 0.750. The van der Waals surface area contributed by atoms with Crippen LogP contribution in [0.25, 0.3) is 0 Å². The van der Waals surface area contributed by atoms with Gasteiger partial charge < -0.3 is 9.84 Å². The highest BCUT2D eigenvalue weighted by atomic mass is 16.5. The van der Waals surface area contributed by atoms with Crippen LogP contribution in [0.15, 0.2) is 23.2 Å². The van der Waals surface area contributed by atoms with Crippen LogP contribution in [0.3, 0.4) is 0 Å². The summed E-state index contributed by atoms with van der Waals surface area (Å²) in [6, 6.07) is 5.15. The van der Waals surface area contributed by atoms with Gasteiger partial charge in [0, 0.05) is 0 Å². The van der Waals surface area contributed by atoms with Crippen molar-refractivity contribution in [1.82, 2.24) is 0 Å². The number of aliphatic imine (C=N–C) groups is 1. The Bertz CT molecular complexity index is 472. The first kappa shape index (κ1) is 12.7. The number of carbonyl (C=O) groups excluding carboxylic acids is 1. The predicted octanol–water partition coefficient (Wildman–Crippen LogP) is 2.90. The van der Waals surface area contributed by atoms with Crippen molar-refractivity contribution in [1.29, 1.82) is 0 Å². The average molecular weight is 247 g/mol. The van der Waals surface area contributed by atoms with Crippen LogP contribution in [-0.2, 0) is 10.3 Å². The first-order valence-corrected chi connectivity index (χ1v) is 6.28. The van der Waals surface area contributed by atoms with E-state index in [1.807, 2.05) is 6.92 Å². The van der Waals surface area contributed by atoms with E-state index in [1.54, 1.807) is 24.3 Å². The summed E-state index contributed by atoms with van der Waals surface area (Å²) in [5.41, 5.74) is -0.0230. The molecule has 18 heavy (non-hydrogen) atoms. The zero-order valence-electron chi connectivity index (χ0n) is 10.5. The third-order valence-corrected chi connectivity index (χ3v) is 3.46. The van der Waals surface area contributed by atoms with E-state index >= 15 is 0 Å². The number of hydrogen-bond acceptors (Lipinski definition) is 4. The minimum absolute atomic E-state index is 0.141. The van der Waals surface area contributed by atoms with Gasteiger partial charge in [0.1, 0.15) is 17.0 Å². The van der Waals surface area contributed by atoms with Crippen molar-refractivity contribution < 1.29 is 14.6 Å². The number of aromatic hydroxyl groups is 1. The van der Waals surface area contributed by atoms with Crippen molar-refractivity contribution in [2.75, 3.05) is 6.61 Å². The lowest BCUT2D eigenvalue weighted by atomic mass is 9.87. The van der Waals surface area contributed by atoms with Crippen LogP contribution in [0.2, 0.25) is 0 Å². The number of phenols is 1. The summed E-state index contributed by atoms with van der Waals surface area (Å²) >= 11 is 0. The molecule has 0 atom stereocenters. The van der Waals surface area contributed by atoms with Gasteiger partial charge >= 0.3 is 0 Å². The van der Waals surface area contributed by atoms with Gasteiger partial charge in [0.05, 0.1) is 12.2 Å². The Kier molecular flexibility index (Phi) is 3.68. The van der Waals surface area contributed by atoms with Crippen molar-refractivity contribution in [2.45, 2.75) is 38.1 Å². The fourth-order valence-corrected chi connectivity index (χ4v) is 2.73. The molecule has 0 radical (unpaired) electrons. The highest BCUT2D eigenvalue weighted by Crippen LogP contribution is 2.49. The van der Waals surface area contributed by atoms with Gasteiger partial charge in [-0.1, -0.05) is 18.9 Å². The van der Waals surface area contributed by atoms with E-state index < -0.39 is 5.54 Å². The third kappa shape index (κ3) is 2.12. The van der Waals surface area contributed by atoms with Crippen LogP contribution in [0.5, 0.6) is 11.5 Å². The Labute approximate surface area is 106 Å². The highest BCUT2D eigenvalue weighted by molar-refractivity contribution is 5.51. The predicted molar refractivity (Wildman–Crippen MR) is 67.5 cm³/mol. The summed E-state index contributed by atoms with van der Waals surface area (Å²) in [5, 5.41) is 10.1. The summed E-state index contributed by atoms with van der Waals surface area (Å²) in [4.78, 5) is 14.7. The molecule has 1 aliphatic rings. The van der Waals surface area contributed by atoms with Crippen molar-refractivity contribution >= 4 is 6.08 Å². The van der Waals surface area contributed by atoms with Crippen LogP contribution >= 0.6 is 0 Å². The smallest absolute Gasteiger partial charge is 0.235 e. The highest BCUT2D eigenvalue weighted by Gasteiger charge is 2.40. The van der Waals surface area contributed by atoms with E-state index in [4.69, 9.17) is 4.74 Å². The number of ether oxygens (including phenoxy) is 1. The second kappa shape index (κ2) is 5.23. The van der Waals surface area contributed by atoms with E-state index in [0.29, 0.717) is 17.9 Å². The molecular weight excluding hydrogens is 230 g/mol. The molecule has 1 aromatic rings. The molecule has 4 nitrogen and oxygen atoms in total. The molecule has 1 aliphatic carbocycles. The van der Waals surface area contributed by atoms with E-state index in [0.717, 1.165) is 25.7 Å². The van der Waals surface area contributed by atoms with Gasteiger partial charge in [-0.25, -0.2) is 4.79 Å². The fourth-order valence-electron chi connectivity index (χ4n) is 2.73. The van der Waals surface area contributed by atoms with Crippen molar-refractivity contribution in [3.05, 3.63) is 23.8 Å². The Morgan fingerprint density at radius 1 is 1.44 bits per heavy atom. The second-order valence-corrected chi connectivity index (χ2v) is 4.53. The van der Waals surface area contributed by atoms with Crippen LogP contribution in [0.1, 0.15) is 38.2 Å². The van der Waals surface area contributed by atoms with Gasteiger partial charge in [-0.05, 0) is 31.9 Å². The topological polar surface area (TPSA) is 58.9 Å². The number of hydrogen-bond donors (Lipinski definition) is 1. The summed E-state index contributed by atoms with van der Waals surface area (Å²) in [6.45, 7) is 2.40. The Morgan fingerprint density at radius 3 is 2.78 bits per heavy atom. The maximum Gasteiger partial charge on any atom is 0.235 e. The van der Waals surface area contributed by atoms with Crippen LogP contribution in [-0.4, -0.2) is 17.8 Å². The molecule has 1 fully saturated rings. The van der Waals surface area contributed by atoms with E-state index in [2.05, 4.69) is 4.99 Å². The second-order valence-electron chi connectivity index (χ2n) is 4.53. The van der Waals surface area contributed by atoms with Gasteiger partial charge in [-0.3, -0.25) is 0 Å². The normalized spacial score (nSPS) is 17.2. The lowest BCUT2D eigenvalue weighted by Gasteiger charge is -2.26. The molecule has 1 aromatic carbocycles. The molecule has 0 aliphatic heterocycles. The number of isocyanates is 1. The number of benzene rings is 1. The van der Waals surface area contributed by atoms with E-state index in [1.165, 1.54) is 0 Å². The summed E-state index contributed by atoms with van der Waals surface area (Å²) in [7, 11) is 0. The van der Waals surface area contributed by atoms with Crippen molar-refractivity contribution in [2.24, 2.45) is 4.99 Å². The molecule has 0 heterocycles. The Morgan fingerprint density at radius 2 is 2.17 bits per heavy atom. The van der Waals surface area contributed by atoms with Crippen molar-refractivity contribution in [3.8, 4) is 11.5 Å².